The van der Waals surface area contributed by atoms with Crippen LogP contribution < -0.4 is 11.6 Å². The molecule has 0 aliphatic carbocycles. The molecule has 0 aliphatic rings. The molecule has 0 saturated heterocycles. The highest BCUT2D eigenvalue weighted by Crippen LogP contribution is 1.91. The fourth-order valence-corrected chi connectivity index (χ4v) is 0.434. The smallest absolute Gasteiger partial charge is 0.341 e. The topological polar surface area (TPSA) is 105 Å². The summed E-state index contributed by atoms with van der Waals surface area (Å²) in [7, 11) is 1.20. The van der Waals surface area contributed by atoms with E-state index in [-0.39, 0.29) is 6.42 Å². The first kappa shape index (κ1) is 9.86. The second-order valence-electron chi connectivity index (χ2n) is 1.82. The fourth-order valence-electron chi connectivity index (χ4n) is 0.434. The molecule has 1 unspecified atom stereocenters. The second kappa shape index (κ2) is 4.64. The van der Waals surface area contributed by atoms with Gasteiger partial charge in [0.2, 0.25) is 0 Å². The molecule has 0 aromatic rings. The van der Waals surface area contributed by atoms with Crippen molar-refractivity contribution in [3.8, 4) is 0 Å². The van der Waals surface area contributed by atoms with Crippen molar-refractivity contribution >= 4 is 11.9 Å². The highest BCUT2D eigenvalue weighted by molar-refractivity contribution is 5.82. The summed E-state index contributed by atoms with van der Waals surface area (Å²) in [6, 6.07) is -1.05. The van der Waals surface area contributed by atoms with Gasteiger partial charge in [-0.25, -0.2) is 4.79 Å². The normalized spacial score (nSPS) is 11.9. The van der Waals surface area contributed by atoms with Gasteiger partial charge in [0.15, 0.2) is 0 Å². The van der Waals surface area contributed by atoms with Crippen LogP contribution in [-0.2, 0) is 19.2 Å². The van der Waals surface area contributed by atoms with Crippen molar-refractivity contribution in [2.45, 2.75) is 12.5 Å². The first-order chi connectivity index (χ1) is 5.11. The highest BCUT2D eigenvalue weighted by atomic mass is 16.7. The molecule has 0 fully saturated rings. The van der Waals surface area contributed by atoms with Crippen molar-refractivity contribution < 1.29 is 19.2 Å². The predicted octanol–water partition coefficient (Wildman–Crippen LogP) is -1.71. The third-order valence-corrected chi connectivity index (χ3v) is 1.03. The molecule has 0 spiro atoms. The van der Waals surface area contributed by atoms with Crippen molar-refractivity contribution in [3.63, 3.8) is 0 Å². The summed E-state index contributed by atoms with van der Waals surface area (Å²) in [4.78, 5) is 24.8. The standard InChI is InChI=1S/C5H10N2O4/c1-10-4(8)2-3(6)5(9)11-7/h3H,2,6-7H2,1H3. The zero-order chi connectivity index (χ0) is 8.85. The van der Waals surface area contributed by atoms with E-state index in [1.807, 2.05) is 0 Å². The van der Waals surface area contributed by atoms with E-state index < -0.39 is 18.0 Å². The molecule has 0 radical (unpaired) electrons. The van der Waals surface area contributed by atoms with E-state index in [1.165, 1.54) is 7.11 Å². The molecule has 1 atom stereocenters. The molecule has 0 heterocycles. The van der Waals surface area contributed by atoms with Crippen LogP contribution in [-0.4, -0.2) is 25.1 Å². The van der Waals surface area contributed by atoms with Crippen LogP contribution in [0.5, 0.6) is 0 Å². The van der Waals surface area contributed by atoms with E-state index in [4.69, 9.17) is 5.73 Å². The molecule has 11 heavy (non-hydrogen) atoms. The van der Waals surface area contributed by atoms with Crippen LogP contribution in [0.15, 0.2) is 0 Å². The Morgan fingerprint density at radius 3 is 2.45 bits per heavy atom. The zero-order valence-electron chi connectivity index (χ0n) is 6.07. The van der Waals surface area contributed by atoms with Gasteiger partial charge in [-0.3, -0.25) is 4.79 Å². The molecule has 6 nitrogen and oxygen atoms in total. The lowest BCUT2D eigenvalue weighted by Crippen LogP contribution is -2.36. The molecule has 0 rings (SSSR count). The largest absolute Gasteiger partial charge is 0.469 e. The maximum Gasteiger partial charge on any atom is 0.341 e. The Bertz CT molecular complexity index is 159. The van der Waals surface area contributed by atoms with Crippen molar-refractivity contribution in [1.82, 2.24) is 0 Å². The molecule has 64 valence electrons. The van der Waals surface area contributed by atoms with Crippen LogP contribution in [0.25, 0.3) is 0 Å². The average molecular weight is 162 g/mol. The minimum absolute atomic E-state index is 0.230. The SMILES string of the molecule is COC(=O)CC(N)C(=O)ON. The Morgan fingerprint density at radius 2 is 2.09 bits per heavy atom. The first-order valence-electron chi connectivity index (χ1n) is 2.84. The summed E-state index contributed by atoms with van der Waals surface area (Å²) in [5.74, 6) is 3.09. The van der Waals surface area contributed by atoms with Gasteiger partial charge < -0.3 is 15.3 Å². The van der Waals surface area contributed by atoms with Gasteiger partial charge in [-0.05, 0) is 0 Å². The second-order valence-corrected chi connectivity index (χ2v) is 1.82. The van der Waals surface area contributed by atoms with Gasteiger partial charge in [0.1, 0.15) is 6.04 Å². The number of hydrogen-bond acceptors (Lipinski definition) is 6. The van der Waals surface area contributed by atoms with Crippen molar-refractivity contribution in [1.29, 1.82) is 0 Å². The van der Waals surface area contributed by atoms with Gasteiger partial charge in [0.25, 0.3) is 0 Å². The molecule has 0 aromatic carbocycles. The molecule has 0 aromatic heterocycles. The number of carbonyl (C=O) groups is 2. The van der Waals surface area contributed by atoms with Crippen molar-refractivity contribution in [2.75, 3.05) is 7.11 Å². The van der Waals surface area contributed by atoms with Crippen LogP contribution in [0.3, 0.4) is 0 Å². The van der Waals surface area contributed by atoms with E-state index >= 15 is 0 Å². The van der Waals surface area contributed by atoms with Gasteiger partial charge in [-0.15, -0.1) is 0 Å². The van der Waals surface area contributed by atoms with Gasteiger partial charge in [0, 0.05) is 0 Å². The lowest BCUT2D eigenvalue weighted by atomic mass is 10.2. The summed E-state index contributed by atoms with van der Waals surface area (Å²) in [5.41, 5.74) is 5.15. The van der Waals surface area contributed by atoms with E-state index in [9.17, 15) is 9.59 Å². The lowest BCUT2D eigenvalue weighted by Gasteiger charge is -2.05. The van der Waals surface area contributed by atoms with Crippen molar-refractivity contribution in [3.05, 3.63) is 0 Å². The Hall–Kier alpha value is -1.14. The third-order valence-electron chi connectivity index (χ3n) is 1.03. The number of ether oxygens (including phenoxy) is 1. The van der Waals surface area contributed by atoms with Gasteiger partial charge in [0.05, 0.1) is 13.5 Å². The lowest BCUT2D eigenvalue weighted by molar-refractivity contribution is -0.150. The van der Waals surface area contributed by atoms with E-state index in [2.05, 4.69) is 15.5 Å². The maximum absolute atomic E-state index is 10.5. The fraction of sp³-hybridized carbons (Fsp3) is 0.600. The summed E-state index contributed by atoms with van der Waals surface area (Å²) in [6.45, 7) is 0. The van der Waals surface area contributed by atoms with Gasteiger partial charge in [-0.2, -0.15) is 5.90 Å². The number of carbonyl (C=O) groups excluding carboxylic acids is 2. The summed E-state index contributed by atoms with van der Waals surface area (Å²) in [6.07, 6.45) is -0.230. The minimum atomic E-state index is -1.05. The zero-order valence-corrected chi connectivity index (χ0v) is 6.07. The van der Waals surface area contributed by atoms with Crippen LogP contribution >= 0.6 is 0 Å². The van der Waals surface area contributed by atoms with Gasteiger partial charge >= 0.3 is 11.9 Å². The van der Waals surface area contributed by atoms with E-state index in [1.54, 1.807) is 0 Å². The third kappa shape index (κ3) is 3.54. The number of methoxy groups -OCH3 is 1. The Labute approximate surface area is 63.4 Å². The van der Waals surface area contributed by atoms with E-state index in [0.29, 0.717) is 0 Å². The summed E-state index contributed by atoms with van der Waals surface area (Å²) in [5, 5.41) is 0. The van der Waals surface area contributed by atoms with Crippen LogP contribution in [0, 0.1) is 0 Å². The number of rotatable bonds is 3. The molecule has 0 amide bonds. The minimum Gasteiger partial charge on any atom is -0.469 e. The Balaban J connectivity index is 3.77. The Morgan fingerprint density at radius 1 is 1.55 bits per heavy atom. The Kier molecular flexibility index (Phi) is 4.16. The van der Waals surface area contributed by atoms with Crippen LogP contribution in [0.2, 0.25) is 0 Å². The number of nitrogens with two attached hydrogens (primary N) is 2. The summed E-state index contributed by atoms with van der Waals surface area (Å²) < 4.78 is 4.25. The van der Waals surface area contributed by atoms with E-state index in [0.717, 1.165) is 0 Å². The molecule has 0 bridgehead atoms. The maximum atomic E-state index is 10.5. The molecule has 6 heteroatoms. The molecule has 0 aliphatic heterocycles. The molecular formula is C5H10N2O4. The molecular weight excluding hydrogens is 152 g/mol. The number of esters is 1. The predicted molar refractivity (Wildman–Crippen MR) is 34.9 cm³/mol. The van der Waals surface area contributed by atoms with Gasteiger partial charge in [-0.1, -0.05) is 0 Å². The summed E-state index contributed by atoms with van der Waals surface area (Å²) >= 11 is 0. The first-order valence-corrected chi connectivity index (χ1v) is 2.84. The van der Waals surface area contributed by atoms with Crippen LogP contribution in [0.1, 0.15) is 6.42 Å². The molecule has 4 N–H and O–H groups in total. The highest BCUT2D eigenvalue weighted by Gasteiger charge is 2.18. The number of hydrogen-bond donors (Lipinski definition) is 2. The van der Waals surface area contributed by atoms with Crippen LogP contribution in [0.4, 0.5) is 0 Å². The van der Waals surface area contributed by atoms with Crippen molar-refractivity contribution in [2.24, 2.45) is 11.6 Å². The monoisotopic (exact) mass is 162 g/mol. The molecule has 0 saturated carbocycles. The average Bonchev–Trinajstić information content (AvgIpc) is 2.02. The quantitative estimate of drug-likeness (QED) is 0.378.